The number of sulfonamides is 1. The number of nitrogens with one attached hydrogen (secondary N) is 1. The van der Waals surface area contributed by atoms with Crippen molar-refractivity contribution < 1.29 is 17.9 Å². The van der Waals surface area contributed by atoms with Gasteiger partial charge in [-0.2, -0.15) is 0 Å². The Kier molecular flexibility index (Phi) is 8.17. The third-order valence-corrected chi connectivity index (χ3v) is 7.23. The van der Waals surface area contributed by atoms with E-state index < -0.39 is 10.0 Å². The molecule has 1 aliphatic rings. The van der Waals surface area contributed by atoms with E-state index in [1.54, 1.807) is 30.3 Å². The number of nitrogens with zero attached hydrogens (tertiary/aromatic N) is 2. The van der Waals surface area contributed by atoms with Gasteiger partial charge in [-0.05, 0) is 81.4 Å². The van der Waals surface area contributed by atoms with Crippen LogP contribution in [-0.4, -0.2) is 59.1 Å². The van der Waals surface area contributed by atoms with Gasteiger partial charge >= 0.3 is 0 Å². The first-order valence-corrected chi connectivity index (χ1v) is 12.1. The number of rotatable bonds is 10. The van der Waals surface area contributed by atoms with Crippen molar-refractivity contribution >= 4 is 33.2 Å². The van der Waals surface area contributed by atoms with E-state index in [1.807, 2.05) is 0 Å². The first-order chi connectivity index (χ1) is 14.9. The van der Waals surface area contributed by atoms with Crippen molar-refractivity contribution in [3.63, 3.8) is 0 Å². The normalized spacial score (nSPS) is 14.4. The molecule has 2 aromatic carbocycles. The average Bonchev–Trinajstić information content (AvgIpc) is 3.28. The maximum Gasteiger partial charge on any atom is 0.264 e. The van der Waals surface area contributed by atoms with Gasteiger partial charge in [0.15, 0.2) is 0 Å². The van der Waals surface area contributed by atoms with E-state index in [-0.39, 0.29) is 17.3 Å². The van der Waals surface area contributed by atoms with Gasteiger partial charge in [0, 0.05) is 11.6 Å². The minimum Gasteiger partial charge on any atom is -0.497 e. The van der Waals surface area contributed by atoms with Gasteiger partial charge in [0.1, 0.15) is 12.3 Å². The number of likely N-dealkylation sites (tertiary alicyclic amines) is 1. The van der Waals surface area contributed by atoms with Gasteiger partial charge in [-0.1, -0.05) is 17.7 Å². The first kappa shape index (κ1) is 23.4. The standard InChI is InChI=1S/C22H28ClN3O4S/c1-30-20-8-10-21(11-9-20)31(28,29)26(19-7-4-6-18(23)16-19)17-22(27)24-12-5-15-25-13-2-3-14-25/h4,6-11,16H,2-3,5,12-15,17H2,1H3,(H,24,27). The van der Waals surface area contributed by atoms with Crippen LogP contribution in [0.2, 0.25) is 5.02 Å². The molecule has 1 saturated heterocycles. The fourth-order valence-corrected chi connectivity index (χ4v) is 5.14. The molecule has 0 unspecified atom stereocenters. The van der Waals surface area contributed by atoms with Gasteiger partial charge in [-0.3, -0.25) is 9.10 Å². The molecule has 1 N–H and O–H groups in total. The molecule has 3 rings (SSSR count). The smallest absolute Gasteiger partial charge is 0.264 e. The van der Waals surface area contributed by atoms with E-state index in [2.05, 4.69) is 10.2 Å². The molecule has 7 nitrogen and oxygen atoms in total. The Hall–Kier alpha value is -2.29. The van der Waals surface area contributed by atoms with Crippen LogP contribution in [0.15, 0.2) is 53.4 Å². The molecule has 1 amide bonds. The molecule has 9 heteroatoms. The van der Waals surface area contributed by atoms with Gasteiger partial charge in [0.2, 0.25) is 5.91 Å². The first-order valence-electron chi connectivity index (χ1n) is 10.3. The molecule has 1 heterocycles. The van der Waals surface area contributed by atoms with Crippen LogP contribution in [-0.2, 0) is 14.8 Å². The molecule has 168 valence electrons. The lowest BCUT2D eigenvalue weighted by Crippen LogP contribution is -2.41. The van der Waals surface area contributed by atoms with E-state index >= 15 is 0 Å². The predicted molar refractivity (Wildman–Crippen MR) is 122 cm³/mol. The molecule has 0 atom stereocenters. The highest BCUT2D eigenvalue weighted by Gasteiger charge is 2.27. The average molecular weight is 466 g/mol. The van der Waals surface area contributed by atoms with Crippen LogP contribution in [0.4, 0.5) is 5.69 Å². The molecule has 1 aliphatic heterocycles. The Labute approximate surface area is 189 Å². The molecule has 1 fully saturated rings. The Morgan fingerprint density at radius 3 is 2.52 bits per heavy atom. The minimum atomic E-state index is -3.98. The summed E-state index contributed by atoms with van der Waals surface area (Å²) in [6.07, 6.45) is 3.28. The number of benzene rings is 2. The second-order valence-corrected chi connectivity index (χ2v) is 9.72. The van der Waals surface area contributed by atoms with Gasteiger partial charge in [-0.25, -0.2) is 8.42 Å². The van der Waals surface area contributed by atoms with Gasteiger partial charge in [0.25, 0.3) is 10.0 Å². The molecule has 0 saturated carbocycles. The van der Waals surface area contributed by atoms with Crippen LogP contribution in [0, 0.1) is 0 Å². The topological polar surface area (TPSA) is 79.0 Å². The van der Waals surface area contributed by atoms with E-state index in [0.717, 1.165) is 30.4 Å². The van der Waals surface area contributed by atoms with Crippen molar-refractivity contribution in [1.82, 2.24) is 10.2 Å². The highest BCUT2D eigenvalue weighted by Crippen LogP contribution is 2.27. The van der Waals surface area contributed by atoms with Crippen molar-refractivity contribution in [1.29, 1.82) is 0 Å². The molecule has 0 aromatic heterocycles. The molecular weight excluding hydrogens is 438 g/mol. The molecule has 0 aliphatic carbocycles. The fraction of sp³-hybridized carbons (Fsp3) is 0.409. The largest absolute Gasteiger partial charge is 0.497 e. The second-order valence-electron chi connectivity index (χ2n) is 7.42. The van der Waals surface area contributed by atoms with E-state index in [0.29, 0.717) is 23.0 Å². The summed E-state index contributed by atoms with van der Waals surface area (Å²) in [6, 6.07) is 12.5. The van der Waals surface area contributed by atoms with E-state index in [1.165, 1.54) is 38.2 Å². The molecule has 2 aromatic rings. The molecule has 0 radical (unpaired) electrons. The number of hydrogen-bond donors (Lipinski definition) is 1. The van der Waals surface area contributed by atoms with E-state index in [9.17, 15) is 13.2 Å². The Morgan fingerprint density at radius 2 is 1.87 bits per heavy atom. The third-order valence-electron chi connectivity index (χ3n) is 5.20. The second kappa shape index (κ2) is 10.8. The van der Waals surface area contributed by atoms with Gasteiger partial charge < -0.3 is 15.0 Å². The highest BCUT2D eigenvalue weighted by atomic mass is 35.5. The number of carbonyl (C=O) groups is 1. The van der Waals surface area contributed by atoms with Crippen LogP contribution in [0.3, 0.4) is 0 Å². The third kappa shape index (κ3) is 6.35. The molecular formula is C22H28ClN3O4S. The maximum absolute atomic E-state index is 13.3. The van der Waals surface area contributed by atoms with Gasteiger partial charge in [0.05, 0.1) is 17.7 Å². The summed E-state index contributed by atoms with van der Waals surface area (Å²) in [5, 5.41) is 3.23. The zero-order chi connectivity index (χ0) is 22.3. The summed E-state index contributed by atoms with van der Waals surface area (Å²) >= 11 is 6.08. The van der Waals surface area contributed by atoms with E-state index in [4.69, 9.17) is 16.3 Å². The maximum atomic E-state index is 13.3. The number of methoxy groups -OCH3 is 1. The quantitative estimate of drug-likeness (QED) is 0.545. The zero-order valence-corrected chi connectivity index (χ0v) is 19.2. The number of amides is 1. The van der Waals surface area contributed by atoms with Crippen molar-refractivity contribution in [2.24, 2.45) is 0 Å². The lowest BCUT2D eigenvalue weighted by Gasteiger charge is -2.24. The van der Waals surface area contributed by atoms with Crippen LogP contribution in [0.25, 0.3) is 0 Å². The zero-order valence-electron chi connectivity index (χ0n) is 17.6. The van der Waals surface area contributed by atoms with Crippen molar-refractivity contribution in [3.05, 3.63) is 53.6 Å². The minimum absolute atomic E-state index is 0.0649. The summed E-state index contributed by atoms with van der Waals surface area (Å²) < 4.78 is 32.9. The number of carbonyl (C=O) groups excluding carboxylic acids is 1. The summed E-state index contributed by atoms with van der Waals surface area (Å²) in [5.74, 6) is 0.183. The molecule has 31 heavy (non-hydrogen) atoms. The lowest BCUT2D eigenvalue weighted by molar-refractivity contribution is -0.119. The summed E-state index contributed by atoms with van der Waals surface area (Å²) in [6.45, 7) is 3.31. The summed E-state index contributed by atoms with van der Waals surface area (Å²) in [7, 11) is -2.47. The summed E-state index contributed by atoms with van der Waals surface area (Å²) in [5.41, 5.74) is 0.329. The van der Waals surface area contributed by atoms with Crippen molar-refractivity contribution in [2.45, 2.75) is 24.2 Å². The van der Waals surface area contributed by atoms with Crippen LogP contribution >= 0.6 is 11.6 Å². The van der Waals surface area contributed by atoms with Crippen molar-refractivity contribution in [2.75, 3.05) is 44.1 Å². The number of anilines is 1. The molecule has 0 spiro atoms. The summed E-state index contributed by atoms with van der Waals surface area (Å²) in [4.78, 5) is 15.0. The van der Waals surface area contributed by atoms with Crippen molar-refractivity contribution in [3.8, 4) is 5.75 Å². The number of halogens is 1. The van der Waals surface area contributed by atoms with Gasteiger partial charge in [-0.15, -0.1) is 0 Å². The fourth-order valence-electron chi connectivity index (χ4n) is 3.54. The Morgan fingerprint density at radius 1 is 1.16 bits per heavy atom. The Balaban J connectivity index is 1.72. The predicted octanol–water partition coefficient (Wildman–Crippen LogP) is 3.15. The highest BCUT2D eigenvalue weighted by molar-refractivity contribution is 7.92. The van der Waals surface area contributed by atoms with Crippen LogP contribution in [0.5, 0.6) is 5.75 Å². The van der Waals surface area contributed by atoms with Crippen LogP contribution in [0.1, 0.15) is 19.3 Å². The lowest BCUT2D eigenvalue weighted by atomic mass is 10.3. The number of hydrogen-bond acceptors (Lipinski definition) is 5. The number of ether oxygens (including phenoxy) is 1. The Bertz CT molecular complexity index is 977. The SMILES string of the molecule is COc1ccc(S(=O)(=O)N(CC(=O)NCCCN2CCCC2)c2cccc(Cl)c2)cc1. The molecule has 0 bridgehead atoms. The van der Waals surface area contributed by atoms with Crippen LogP contribution < -0.4 is 14.4 Å². The monoisotopic (exact) mass is 465 g/mol.